The van der Waals surface area contributed by atoms with Crippen molar-refractivity contribution in [3.05, 3.63) is 28.2 Å². The standard InChI is InChI=1S/C15H17Cl2NO4/c16-11-1-2-13(12(17)3-11)22-6-14(20)18-4-10-5-21-9-15(10,7-18)8-19/h1-3,10,19H,4-9H2/t10-,15-/m0/s1. The number of benzene rings is 1. The highest BCUT2D eigenvalue weighted by molar-refractivity contribution is 6.35. The van der Waals surface area contributed by atoms with Gasteiger partial charge in [0.2, 0.25) is 0 Å². The van der Waals surface area contributed by atoms with Gasteiger partial charge in [0.25, 0.3) is 5.91 Å². The highest BCUT2D eigenvalue weighted by Gasteiger charge is 2.51. The van der Waals surface area contributed by atoms with Crippen LogP contribution >= 0.6 is 23.2 Å². The summed E-state index contributed by atoms with van der Waals surface area (Å²) in [5.41, 5.74) is -0.312. The zero-order chi connectivity index (χ0) is 15.7. The summed E-state index contributed by atoms with van der Waals surface area (Å²) in [6.07, 6.45) is 0. The summed E-state index contributed by atoms with van der Waals surface area (Å²) in [7, 11) is 0. The third-order valence-electron chi connectivity index (χ3n) is 4.43. The van der Waals surface area contributed by atoms with Gasteiger partial charge in [0.1, 0.15) is 5.75 Å². The van der Waals surface area contributed by atoms with Crippen molar-refractivity contribution < 1.29 is 19.4 Å². The normalized spacial score (nSPS) is 27.0. The summed E-state index contributed by atoms with van der Waals surface area (Å²) in [5, 5.41) is 10.5. The molecule has 7 heteroatoms. The molecule has 1 N–H and O–H groups in total. The van der Waals surface area contributed by atoms with Gasteiger partial charge in [-0.3, -0.25) is 4.79 Å². The van der Waals surface area contributed by atoms with E-state index in [1.807, 2.05) is 0 Å². The van der Waals surface area contributed by atoms with Gasteiger partial charge in [-0.1, -0.05) is 23.2 Å². The zero-order valence-corrected chi connectivity index (χ0v) is 13.4. The topological polar surface area (TPSA) is 59.0 Å². The van der Waals surface area contributed by atoms with Crippen molar-refractivity contribution in [3.63, 3.8) is 0 Å². The summed E-state index contributed by atoms with van der Waals surface area (Å²) in [4.78, 5) is 14.0. The number of rotatable bonds is 4. The van der Waals surface area contributed by atoms with Gasteiger partial charge in [-0.2, -0.15) is 0 Å². The van der Waals surface area contributed by atoms with Gasteiger partial charge in [0.05, 0.1) is 24.8 Å². The number of halogens is 2. The molecule has 0 spiro atoms. The van der Waals surface area contributed by atoms with Gasteiger partial charge in [-0.15, -0.1) is 0 Å². The van der Waals surface area contributed by atoms with Crippen LogP contribution in [0.3, 0.4) is 0 Å². The van der Waals surface area contributed by atoms with E-state index in [-0.39, 0.29) is 30.5 Å². The zero-order valence-electron chi connectivity index (χ0n) is 11.9. The molecular weight excluding hydrogens is 329 g/mol. The largest absolute Gasteiger partial charge is 0.482 e. The molecule has 0 radical (unpaired) electrons. The van der Waals surface area contributed by atoms with Crippen LogP contribution in [0.5, 0.6) is 5.75 Å². The fourth-order valence-electron chi connectivity index (χ4n) is 3.07. The summed E-state index contributed by atoms with van der Waals surface area (Å²) < 4.78 is 10.9. The van der Waals surface area contributed by atoms with Gasteiger partial charge in [0.15, 0.2) is 6.61 Å². The van der Waals surface area contributed by atoms with E-state index in [2.05, 4.69) is 0 Å². The van der Waals surface area contributed by atoms with Gasteiger partial charge in [0, 0.05) is 29.4 Å². The van der Waals surface area contributed by atoms with Crippen LogP contribution in [0.2, 0.25) is 10.0 Å². The molecule has 2 atom stereocenters. The van der Waals surface area contributed by atoms with Crippen LogP contribution in [0.15, 0.2) is 18.2 Å². The second-order valence-corrected chi connectivity index (χ2v) is 6.71. The van der Waals surface area contributed by atoms with Crippen molar-refractivity contribution in [1.29, 1.82) is 0 Å². The molecule has 2 heterocycles. The molecule has 2 fully saturated rings. The Kier molecular flexibility index (Phi) is 4.50. The average Bonchev–Trinajstić information content (AvgIpc) is 3.03. The van der Waals surface area contributed by atoms with Crippen molar-refractivity contribution in [3.8, 4) is 5.75 Å². The summed E-state index contributed by atoms with van der Waals surface area (Å²) in [6.45, 7) is 2.14. The molecule has 2 aliphatic rings. The lowest BCUT2D eigenvalue weighted by Crippen LogP contribution is -2.38. The molecule has 120 valence electrons. The summed E-state index contributed by atoms with van der Waals surface area (Å²) in [5.74, 6) is 0.507. The number of aliphatic hydroxyl groups is 1. The Balaban J connectivity index is 1.59. The molecule has 2 aliphatic heterocycles. The van der Waals surface area contributed by atoms with Crippen molar-refractivity contribution in [1.82, 2.24) is 4.90 Å². The van der Waals surface area contributed by atoms with Gasteiger partial charge >= 0.3 is 0 Å². The smallest absolute Gasteiger partial charge is 0.260 e. The molecule has 1 aromatic rings. The first-order chi connectivity index (χ1) is 10.5. The van der Waals surface area contributed by atoms with E-state index in [0.29, 0.717) is 42.1 Å². The van der Waals surface area contributed by atoms with Crippen molar-refractivity contribution in [2.45, 2.75) is 0 Å². The minimum absolute atomic E-state index is 0.0331. The maximum Gasteiger partial charge on any atom is 0.260 e. The Hall–Kier alpha value is -1.01. The van der Waals surface area contributed by atoms with Crippen LogP contribution in [-0.4, -0.2) is 55.4 Å². The third kappa shape index (κ3) is 2.91. The quantitative estimate of drug-likeness (QED) is 0.904. The van der Waals surface area contributed by atoms with Crippen LogP contribution in [0.1, 0.15) is 0 Å². The first kappa shape index (κ1) is 15.9. The number of carbonyl (C=O) groups is 1. The Bertz CT molecular complexity index is 583. The maximum absolute atomic E-state index is 12.3. The molecule has 0 bridgehead atoms. The highest BCUT2D eigenvalue weighted by Crippen LogP contribution is 2.40. The number of carbonyl (C=O) groups excluding carboxylic acids is 1. The summed E-state index contributed by atoms with van der Waals surface area (Å²) >= 11 is 11.8. The van der Waals surface area contributed by atoms with Gasteiger partial charge < -0.3 is 19.5 Å². The van der Waals surface area contributed by atoms with Crippen molar-refractivity contribution in [2.24, 2.45) is 11.3 Å². The molecule has 5 nitrogen and oxygen atoms in total. The highest BCUT2D eigenvalue weighted by atomic mass is 35.5. The first-order valence-corrected chi connectivity index (χ1v) is 7.84. The van der Waals surface area contributed by atoms with Gasteiger partial charge in [-0.25, -0.2) is 0 Å². The van der Waals surface area contributed by atoms with E-state index in [0.717, 1.165) is 0 Å². The number of fused-ring (bicyclic) bond motifs is 1. The van der Waals surface area contributed by atoms with Gasteiger partial charge in [-0.05, 0) is 18.2 Å². The number of aliphatic hydroxyl groups excluding tert-OH is 1. The Labute approximate surface area is 138 Å². The molecule has 0 unspecified atom stereocenters. The molecule has 2 saturated heterocycles. The average molecular weight is 346 g/mol. The molecule has 1 aromatic carbocycles. The number of hydrogen-bond acceptors (Lipinski definition) is 4. The molecule has 0 saturated carbocycles. The molecule has 0 aliphatic carbocycles. The van der Waals surface area contributed by atoms with Crippen LogP contribution in [0.4, 0.5) is 0 Å². The fraction of sp³-hybridized carbons (Fsp3) is 0.533. The predicted octanol–water partition coefficient (Wildman–Crippen LogP) is 1.84. The van der Waals surface area contributed by atoms with E-state index < -0.39 is 0 Å². The van der Waals surface area contributed by atoms with Crippen LogP contribution in [0, 0.1) is 11.3 Å². The number of ether oxygens (including phenoxy) is 2. The minimum atomic E-state index is -0.312. The Morgan fingerprint density at radius 3 is 3.00 bits per heavy atom. The summed E-state index contributed by atoms with van der Waals surface area (Å²) in [6, 6.07) is 4.87. The molecule has 0 aromatic heterocycles. The molecule has 3 rings (SSSR count). The van der Waals surface area contributed by atoms with Crippen molar-refractivity contribution >= 4 is 29.1 Å². The van der Waals surface area contributed by atoms with Crippen LogP contribution in [-0.2, 0) is 9.53 Å². The Morgan fingerprint density at radius 1 is 1.50 bits per heavy atom. The number of nitrogens with zero attached hydrogens (tertiary/aromatic N) is 1. The molecule has 22 heavy (non-hydrogen) atoms. The third-order valence-corrected chi connectivity index (χ3v) is 4.96. The number of amides is 1. The predicted molar refractivity (Wildman–Crippen MR) is 82.4 cm³/mol. The lowest BCUT2D eigenvalue weighted by atomic mass is 9.82. The number of hydrogen-bond donors (Lipinski definition) is 1. The van der Waals surface area contributed by atoms with E-state index >= 15 is 0 Å². The fourth-order valence-corrected chi connectivity index (χ4v) is 3.53. The van der Waals surface area contributed by atoms with Crippen LogP contribution in [0.25, 0.3) is 0 Å². The monoisotopic (exact) mass is 345 g/mol. The maximum atomic E-state index is 12.3. The molecule has 1 amide bonds. The first-order valence-electron chi connectivity index (χ1n) is 7.08. The van der Waals surface area contributed by atoms with Crippen LogP contribution < -0.4 is 4.74 Å². The SMILES string of the molecule is O=C(COc1ccc(Cl)cc1Cl)N1C[C@H]2COC[C@@]2(CO)C1. The molecular formula is C15H17Cl2NO4. The lowest BCUT2D eigenvalue weighted by molar-refractivity contribution is -0.133. The van der Waals surface area contributed by atoms with E-state index in [4.69, 9.17) is 32.7 Å². The second kappa shape index (κ2) is 6.24. The lowest BCUT2D eigenvalue weighted by Gasteiger charge is -2.24. The van der Waals surface area contributed by atoms with E-state index in [9.17, 15) is 9.90 Å². The minimum Gasteiger partial charge on any atom is -0.482 e. The number of likely N-dealkylation sites (tertiary alicyclic amines) is 1. The van der Waals surface area contributed by atoms with Crippen molar-refractivity contribution in [2.75, 3.05) is 39.5 Å². The Morgan fingerprint density at radius 2 is 2.32 bits per heavy atom. The van der Waals surface area contributed by atoms with E-state index in [1.165, 1.54) is 0 Å². The second-order valence-electron chi connectivity index (χ2n) is 5.87. The van der Waals surface area contributed by atoms with E-state index in [1.54, 1.807) is 23.1 Å².